The molecule has 2 unspecified atom stereocenters. The van der Waals surface area contributed by atoms with Crippen LogP contribution in [0.4, 0.5) is 0 Å². The van der Waals surface area contributed by atoms with Crippen LogP contribution in [0.2, 0.25) is 0 Å². The maximum atomic E-state index is 12.7. The van der Waals surface area contributed by atoms with Crippen molar-refractivity contribution in [3.05, 3.63) is 0 Å². The van der Waals surface area contributed by atoms with Crippen molar-refractivity contribution in [2.24, 2.45) is 11.1 Å². The first kappa shape index (κ1) is 14.8. The van der Waals surface area contributed by atoms with Crippen molar-refractivity contribution in [1.29, 1.82) is 0 Å². The molecule has 0 spiro atoms. The van der Waals surface area contributed by atoms with Crippen LogP contribution in [0.25, 0.3) is 0 Å². The highest BCUT2D eigenvalue weighted by Crippen LogP contribution is 2.39. The molecule has 0 aromatic rings. The fourth-order valence-electron chi connectivity index (χ4n) is 4.08. The van der Waals surface area contributed by atoms with Gasteiger partial charge in [0.1, 0.15) is 0 Å². The number of nitrogens with two attached hydrogens (primary N) is 1. The van der Waals surface area contributed by atoms with E-state index in [0.717, 1.165) is 25.7 Å². The minimum atomic E-state index is 0.103. The number of rotatable bonds is 3. The summed E-state index contributed by atoms with van der Waals surface area (Å²) in [5.74, 6) is 0.354. The van der Waals surface area contributed by atoms with Gasteiger partial charge in [-0.3, -0.25) is 4.79 Å². The van der Waals surface area contributed by atoms with E-state index < -0.39 is 0 Å². The average Bonchev–Trinajstić information content (AvgIpc) is 2.39. The molecule has 1 aliphatic carbocycles. The van der Waals surface area contributed by atoms with Crippen LogP contribution < -0.4 is 5.73 Å². The van der Waals surface area contributed by atoms with Crippen molar-refractivity contribution in [2.75, 3.05) is 6.54 Å². The third kappa shape index (κ3) is 3.31. The quantitative estimate of drug-likeness (QED) is 0.853. The van der Waals surface area contributed by atoms with Gasteiger partial charge >= 0.3 is 0 Å². The van der Waals surface area contributed by atoms with Crippen molar-refractivity contribution < 1.29 is 4.79 Å². The molecular weight excluding hydrogens is 236 g/mol. The molecule has 0 aromatic heterocycles. The molecule has 19 heavy (non-hydrogen) atoms. The molecule has 1 amide bonds. The number of carbonyl (C=O) groups excluding carboxylic acids is 1. The zero-order valence-corrected chi connectivity index (χ0v) is 12.7. The molecule has 110 valence electrons. The highest BCUT2D eigenvalue weighted by molar-refractivity contribution is 5.77. The van der Waals surface area contributed by atoms with Gasteiger partial charge in [0, 0.05) is 18.5 Å². The van der Waals surface area contributed by atoms with Crippen molar-refractivity contribution in [3.8, 4) is 0 Å². The summed E-state index contributed by atoms with van der Waals surface area (Å²) in [6, 6.07) is 0.823. The van der Waals surface area contributed by atoms with Gasteiger partial charge in [0.05, 0.1) is 0 Å². The summed E-state index contributed by atoms with van der Waals surface area (Å²) in [4.78, 5) is 14.9. The lowest BCUT2D eigenvalue weighted by molar-refractivity contribution is -0.140. The van der Waals surface area contributed by atoms with Crippen molar-refractivity contribution in [3.63, 3.8) is 0 Å². The largest absolute Gasteiger partial charge is 0.337 e. The minimum absolute atomic E-state index is 0.103. The van der Waals surface area contributed by atoms with Gasteiger partial charge in [-0.25, -0.2) is 0 Å². The standard InChI is InChI=1S/C16H30N2O/c1-13-7-6-8-14(2)18(13)15(19)11-16(12-17)9-4-3-5-10-16/h13-14H,3-12,17H2,1-2H3. The average molecular weight is 266 g/mol. The third-order valence-corrected chi connectivity index (χ3v) is 5.35. The Morgan fingerprint density at radius 1 is 1.11 bits per heavy atom. The van der Waals surface area contributed by atoms with E-state index in [0.29, 0.717) is 31.0 Å². The summed E-state index contributed by atoms with van der Waals surface area (Å²) < 4.78 is 0. The van der Waals surface area contributed by atoms with E-state index in [2.05, 4.69) is 18.7 Å². The molecule has 2 rings (SSSR count). The number of likely N-dealkylation sites (tertiary alicyclic amines) is 1. The molecule has 3 nitrogen and oxygen atoms in total. The van der Waals surface area contributed by atoms with Crippen LogP contribution >= 0.6 is 0 Å². The molecular formula is C16H30N2O. The molecule has 1 aliphatic heterocycles. The van der Waals surface area contributed by atoms with Gasteiger partial charge in [-0.2, -0.15) is 0 Å². The molecule has 2 fully saturated rings. The summed E-state index contributed by atoms with van der Waals surface area (Å²) in [6.07, 6.45) is 10.3. The maximum Gasteiger partial charge on any atom is 0.223 e. The Kier molecular flexibility index (Phi) is 4.88. The fourth-order valence-corrected chi connectivity index (χ4v) is 4.08. The van der Waals surface area contributed by atoms with Crippen LogP contribution in [0, 0.1) is 5.41 Å². The monoisotopic (exact) mass is 266 g/mol. The van der Waals surface area contributed by atoms with E-state index in [-0.39, 0.29) is 5.41 Å². The van der Waals surface area contributed by atoms with E-state index in [1.54, 1.807) is 0 Å². The Balaban J connectivity index is 2.02. The van der Waals surface area contributed by atoms with Crippen LogP contribution in [0.3, 0.4) is 0 Å². The first-order valence-corrected chi connectivity index (χ1v) is 8.09. The Labute approximate surface area is 117 Å². The lowest BCUT2D eigenvalue weighted by Crippen LogP contribution is -2.50. The highest BCUT2D eigenvalue weighted by Gasteiger charge is 2.37. The first-order chi connectivity index (χ1) is 9.08. The second-order valence-corrected chi connectivity index (χ2v) is 6.87. The number of hydrogen-bond donors (Lipinski definition) is 1. The molecule has 1 heterocycles. The SMILES string of the molecule is CC1CCCC(C)N1C(=O)CC1(CN)CCCCC1. The Bertz CT molecular complexity index is 300. The second-order valence-electron chi connectivity index (χ2n) is 6.87. The first-order valence-electron chi connectivity index (χ1n) is 8.09. The minimum Gasteiger partial charge on any atom is -0.337 e. The van der Waals surface area contributed by atoms with Crippen molar-refractivity contribution in [1.82, 2.24) is 4.90 Å². The van der Waals surface area contributed by atoms with Gasteiger partial charge in [0.25, 0.3) is 0 Å². The summed E-state index contributed by atoms with van der Waals surface area (Å²) in [6.45, 7) is 5.07. The number of piperidine rings is 1. The van der Waals surface area contributed by atoms with Crippen LogP contribution in [0.5, 0.6) is 0 Å². The molecule has 0 radical (unpaired) electrons. The molecule has 2 atom stereocenters. The summed E-state index contributed by atoms with van der Waals surface area (Å²) >= 11 is 0. The molecule has 0 bridgehead atoms. The van der Waals surface area contributed by atoms with Crippen molar-refractivity contribution >= 4 is 5.91 Å². The van der Waals surface area contributed by atoms with Gasteiger partial charge in [-0.1, -0.05) is 19.3 Å². The zero-order valence-electron chi connectivity index (χ0n) is 12.7. The maximum absolute atomic E-state index is 12.7. The predicted octanol–water partition coefficient (Wildman–Crippen LogP) is 3.08. The molecule has 3 heteroatoms. The van der Waals surface area contributed by atoms with Gasteiger partial charge in [0.2, 0.25) is 5.91 Å². The van der Waals surface area contributed by atoms with Gasteiger partial charge < -0.3 is 10.6 Å². The Hall–Kier alpha value is -0.570. The van der Waals surface area contributed by atoms with Gasteiger partial charge in [-0.05, 0) is 57.9 Å². The fraction of sp³-hybridized carbons (Fsp3) is 0.938. The third-order valence-electron chi connectivity index (χ3n) is 5.35. The van der Waals surface area contributed by atoms with Crippen LogP contribution in [-0.2, 0) is 4.79 Å². The molecule has 2 aliphatic rings. The molecule has 0 aromatic carbocycles. The Morgan fingerprint density at radius 3 is 2.21 bits per heavy atom. The molecule has 1 saturated heterocycles. The smallest absolute Gasteiger partial charge is 0.223 e. The highest BCUT2D eigenvalue weighted by atomic mass is 16.2. The number of amides is 1. The lowest BCUT2D eigenvalue weighted by atomic mass is 9.71. The van der Waals surface area contributed by atoms with Gasteiger partial charge in [-0.15, -0.1) is 0 Å². The lowest BCUT2D eigenvalue weighted by Gasteiger charge is -2.43. The number of nitrogens with zero attached hydrogens (tertiary/aromatic N) is 1. The van der Waals surface area contributed by atoms with E-state index in [1.165, 1.54) is 25.7 Å². The second kappa shape index (κ2) is 6.25. The van der Waals surface area contributed by atoms with Gasteiger partial charge in [0.15, 0.2) is 0 Å². The summed E-state index contributed by atoms with van der Waals surface area (Å²) in [5.41, 5.74) is 6.12. The number of carbonyl (C=O) groups is 1. The number of hydrogen-bond acceptors (Lipinski definition) is 2. The summed E-state index contributed by atoms with van der Waals surface area (Å²) in [5, 5.41) is 0. The molecule has 2 N–H and O–H groups in total. The molecule has 1 saturated carbocycles. The van der Waals surface area contributed by atoms with Crippen LogP contribution in [-0.4, -0.2) is 29.4 Å². The Morgan fingerprint density at radius 2 is 1.68 bits per heavy atom. The van der Waals surface area contributed by atoms with E-state index in [9.17, 15) is 4.79 Å². The summed E-state index contributed by atoms with van der Waals surface area (Å²) in [7, 11) is 0. The van der Waals surface area contributed by atoms with E-state index in [4.69, 9.17) is 5.73 Å². The van der Waals surface area contributed by atoms with Crippen LogP contribution in [0.1, 0.15) is 71.6 Å². The van der Waals surface area contributed by atoms with Crippen LogP contribution in [0.15, 0.2) is 0 Å². The topological polar surface area (TPSA) is 46.3 Å². The zero-order chi connectivity index (χ0) is 13.9. The predicted molar refractivity (Wildman–Crippen MR) is 78.8 cm³/mol. The van der Waals surface area contributed by atoms with E-state index >= 15 is 0 Å². The van der Waals surface area contributed by atoms with Crippen molar-refractivity contribution in [2.45, 2.75) is 83.7 Å². The normalized spacial score (nSPS) is 31.2. The van der Waals surface area contributed by atoms with E-state index in [1.807, 2.05) is 0 Å².